The lowest BCUT2D eigenvalue weighted by molar-refractivity contribution is -0.120. The Bertz CT molecular complexity index is 224. The fraction of sp³-hybridized carbons (Fsp3) is 0.923. The van der Waals surface area contributed by atoms with Crippen molar-refractivity contribution in [2.45, 2.75) is 58.8 Å². The number of carbonyl (C=O) groups excluding carboxylic acids is 1. The van der Waals surface area contributed by atoms with Crippen LogP contribution in [-0.4, -0.2) is 36.5 Å². The van der Waals surface area contributed by atoms with Gasteiger partial charge in [-0.2, -0.15) is 0 Å². The number of primary amides is 1. The molecule has 5 nitrogen and oxygen atoms in total. The molecule has 0 aliphatic rings. The molecule has 4 N–H and O–H groups in total. The van der Waals surface area contributed by atoms with Crippen LogP contribution in [0.25, 0.3) is 0 Å². The number of hydrogen-bond acceptors (Lipinski definition) is 4. The summed E-state index contributed by atoms with van der Waals surface area (Å²) in [5.74, 6) is -0.0249. The molecule has 5 heteroatoms. The van der Waals surface area contributed by atoms with Crippen molar-refractivity contribution in [3.63, 3.8) is 0 Å². The molecule has 0 heterocycles. The Balaban J connectivity index is 4.13. The number of carbonyl (C=O) groups is 1. The lowest BCUT2D eigenvalue weighted by atomic mass is 9.98. The quantitative estimate of drug-likeness (QED) is 0.484. The van der Waals surface area contributed by atoms with E-state index in [4.69, 9.17) is 10.5 Å². The van der Waals surface area contributed by atoms with Gasteiger partial charge in [-0.05, 0) is 32.2 Å². The van der Waals surface area contributed by atoms with Gasteiger partial charge in [0.1, 0.15) is 0 Å². The Morgan fingerprint density at radius 2 is 2.06 bits per heavy atom. The average molecular weight is 260 g/mol. The molecule has 0 radical (unpaired) electrons. The Labute approximate surface area is 110 Å². The standard InChI is InChI=1S/C13H28N2O3/c1-4-7-10(8-12(16)18-6-3)9-15-11(5-2)13(14)17/h10-12,15-16H,4-9H2,1-3H3,(H2,14,17)/t10-,11+,12?/m1/s1. The zero-order valence-electron chi connectivity index (χ0n) is 11.8. The summed E-state index contributed by atoms with van der Waals surface area (Å²) in [6.07, 6.45) is 2.58. The molecule has 0 aromatic rings. The van der Waals surface area contributed by atoms with Crippen LogP contribution in [0.3, 0.4) is 0 Å². The molecule has 0 saturated carbocycles. The molecule has 1 unspecified atom stereocenters. The molecule has 0 fully saturated rings. The van der Waals surface area contributed by atoms with Crippen LogP contribution in [0.1, 0.15) is 46.5 Å². The van der Waals surface area contributed by atoms with E-state index in [-0.39, 0.29) is 11.9 Å². The van der Waals surface area contributed by atoms with E-state index >= 15 is 0 Å². The Morgan fingerprint density at radius 3 is 2.50 bits per heavy atom. The molecule has 18 heavy (non-hydrogen) atoms. The average Bonchev–Trinajstić information content (AvgIpc) is 2.29. The van der Waals surface area contributed by atoms with Crippen molar-refractivity contribution in [1.29, 1.82) is 0 Å². The minimum absolute atomic E-state index is 0.284. The van der Waals surface area contributed by atoms with E-state index in [2.05, 4.69) is 12.2 Å². The van der Waals surface area contributed by atoms with Gasteiger partial charge in [-0.3, -0.25) is 4.79 Å². The van der Waals surface area contributed by atoms with Crippen LogP contribution in [0, 0.1) is 5.92 Å². The summed E-state index contributed by atoms with van der Waals surface area (Å²) < 4.78 is 5.14. The number of aliphatic hydroxyl groups excluding tert-OH is 1. The Morgan fingerprint density at radius 1 is 1.39 bits per heavy atom. The van der Waals surface area contributed by atoms with Gasteiger partial charge < -0.3 is 20.9 Å². The van der Waals surface area contributed by atoms with Crippen molar-refractivity contribution in [1.82, 2.24) is 5.32 Å². The minimum atomic E-state index is -0.720. The van der Waals surface area contributed by atoms with Gasteiger partial charge in [-0.25, -0.2) is 0 Å². The first-order chi connectivity index (χ1) is 8.54. The SMILES string of the molecule is CCC[C@@H](CN[C@@H](CC)C(N)=O)CC(O)OCC. The number of nitrogens with one attached hydrogen (secondary N) is 1. The summed E-state index contributed by atoms with van der Waals surface area (Å²) in [5.41, 5.74) is 5.28. The van der Waals surface area contributed by atoms with Crippen molar-refractivity contribution >= 4 is 5.91 Å². The highest BCUT2D eigenvalue weighted by molar-refractivity contribution is 5.79. The zero-order valence-corrected chi connectivity index (χ0v) is 11.8. The Hall–Kier alpha value is -0.650. The molecule has 1 amide bonds. The third-order valence-electron chi connectivity index (χ3n) is 3.00. The fourth-order valence-corrected chi connectivity index (χ4v) is 2.01. The van der Waals surface area contributed by atoms with Crippen LogP contribution in [-0.2, 0) is 9.53 Å². The van der Waals surface area contributed by atoms with E-state index in [1.165, 1.54) is 0 Å². The largest absolute Gasteiger partial charge is 0.368 e. The summed E-state index contributed by atoms with van der Waals surface area (Å²) in [5, 5.41) is 12.8. The highest BCUT2D eigenvalue weighted by Gasteiger charge is 2.17. The van der Waals surface area contributed by atoms with Gasteiger partial charge in [0.05, 0.1) is 6.04 Å². The molecule has 0 aromatic carbocycles. The third-order valence-corrected chi connectivity index (χ3v) is 3.00. The van der Waals surface area contributed by atoms with Gasteiger partial charge in [0.2, 0.25) is 5.91 Å². The molecule has 0 spiro atoms. The van der Waals surface area contributed by atoms with Gasteiger partial charge in [-0.15, -0.1) is 0 Å². The lowest BCUT2D eigenvalue weighted by Crippen LogP contribution is -2.43. The van der Waals surface area contributed by atoms with E-state index in [1.54, 1.807) is 0 Å². The predicted octanol–water partition coefficient (Wildman–Crippen LogP) is 1.00. The normalized spacial score (nSPS) is 16.2. The smallest absolute Gasteiger partial charge is 0.234 e. The second-order valence-electron chi connectivity index (χ2n) is 4.57. The second-order valence-corrected chi connectivity index (χ2v) is 4.57. The maximum Gasteiger partial charge on any atom is 0.234 e. The van der Waals surface area contributed by atoms with Crippen LogP contribution in [0.5, 0.6) is 0 Å². The lowest BCUT2D eigenvalue weighted by Gasteiger charge is -2.22. The zero-order chi connectivity index (χ0) is 14.0. The van der Waals surface area contributed by atoms with Gasteiger partial charge in [0, 0.05) is 13.0 Å². The van der Waals surface area contributed by atoms with Crippen LogP contribution in [0.2, 0.25) is 0 Å². The predicted molar refractivity (Wildman–Crippen MR) is 71.9 cm³/mol. The Kier molecular flexibility index (Phi) is 9.92. The van der Waals surface area contributed by atoms with E-state index in [0.29, 0.717) is 31.9 Å². The molecule has 0 aromatic heterocycles. The monoisotopic (exact) mass is 260 g/mol. The molecule has 0 bridgehead atoms. The van der Waals surface area contributed by atoms with Crippen LogP contribution >= 0.6 is 0 Å². The molecular formula is C13H28N2O3. The first-order valence-electron chi connectivity index (χ1n) is 6.87. The van der Waals surface area contributed by atoms with E-state index < -0.39 is 6.29 Å². The first-order valence-corrected chi connectivity index (χ1v) is 6.87. The van der Waals surface area contributed by atoms with E-state index in [9.17, 15) is 9.90 Å². The van der Waals surface area contributed by atoms with Crippen LogP contribution in [0.4, 0.5) is 0 Å². The van der Waals surface area contributed by atoms with Crippen molar-refractivity contribution in [2.75, 3.05) is 13.2 Å². The first kappa shape index (κ1) is 17.4. The summed E-state index contributed by atoms with van der Waals surface area (Å²) in [7, 11) is 0. The van der Waals surface area contributed by atoms with Crippen molar-refractivity contribution < 1.29 is 14.6 Å². The van der Waals surface area contributed by atoms with Crippen molar-refractivity contribution in [3.8, 4) is 0 Å². The van der Waals surface area contributed by atoms with E-state index in [1.807, 2.05) is 13.8 Å². The molecular weight excluding hydrogens is 232 g/mol. The molecule has 108 valence electrons. The van der Waals surface area contributed by atoms with Crippen molar-refractivity contribution in [3.05, 3.63) is 0 Å². The molecule has 0 aliphatic heterocycles. The maximum absolute atomic E-state index is 11.1. The molecule has 0 rings (SSSR count). The van der Waals surface area contributed by atoms with Crippen molar-refractivity contribution in [2.24, 2.45) is 11.7 Å². The molecule has 0 aliphatic carbocycles. The van der Waals surface area contributed by atoms with Gasteiger partial charge in [-0.1, -0.05) is 20.3 Å². The number of rotatable bonds is 11. The number of nitrogens with two attached hydrogens (primary N) is 1. The molecule has 0 saturated heterocycles. The van der Waals surface area contributed by atoms with Gasteiger partial charge >= 0.3 is 0 Å². The minimum Gasteiger partial charge on any atom is -0.368 e. The number of amides is 1. The summed E-state index contributed by atoms with van der Waals surface area (Å²) >= 11 is 0. The number of ether oxygens (including phenoxy) is 1. The summed E-state index contributed by atoms with van der Waals surface area (Å²) in [6, 6.07) is -0.284. The topological polar surface area (TPSA) is 84.6 Å². The summed E-state index contributed by atoms with van der Waals surface area (Å²) in [6.45, 7) is 7.07. The van der Waals surface area contributed by atoms with Crippen LogP contribution < -0.4 is 11.1 Å². The van der Waals surface area contributed by atoms with Gasteiger partial charge in [0.15, 0.2) is 6.29 Å². The fourth-order valence-electron chi connectivity index (χ4n) is 2.01. The highest BCUT2D eigenvalue weighted by atomic mass is 16.6. The van der Waals surface area contributed by atoms with Crippen LogP contribution in [0.15, 0.2) is 0 Å². The molecule has 3 atom stereocenters. The maximum atomic E-state index is 11.1. The van der Waals surface area contributed by atoms with E-state index in [0.717, 1.165) is 12.8 Å². The summed E-state index contributed by atoms with van der Waals surface area (Å²) in [4.78, 5) is 11.1. The number of aliphatic hydroxyl groups is 1. The third kappa shape index (κ3) is 7.63. The van der Waals surface area contributed by atoms with Gasteiger partial charge in [0.25, 0.3) is 0 Å². The highest BCUT2D eigenvalue weighted by Crippen LogP contribution is 2.14. The number of hydrogen-bond donors (Lipinski definition) is 3. The second kappa shape index (κ2) is 10.3.